The number of hydrogen-bond acceptors (Lipinski definition) is 3. The van der Waals surface area contributed by atoms with Gasteiger partial charge in [0, 0.05) is 19.0 Å². The molecule has 4 heteroatoms. The molecule has 0 radical (unpaired) electrons. The molecule has 1 aliphatic heterocycles. The van der Waals surface area contributed by atoms with Crippen LogP contribution in [0.5, 0.6) is 11.5 Å². The first-order chi connectivity index (χ1) is 11.7. The van der Waals surface area contributed by atoms with Gasteiger partial charge >= 0.3 is 0 Å². The lowest BCUT2D eigenvalue weighted by molar-refractivity contribution is -0.119. The molecule has 1 aliphatic rings. The van der Waals surface area contributed by atoms with Crippen molar-refractivity contribution in [1.82, 2.24) is 0 Å². The normalized spacial score (nSPS) is 14.6. The van der Waals surface area contributed by atoms with Crippen molar-refractivity contribution in [2.24, 2.45) is 0 Å². The molecule has 2 aromatic carbocycles. The minimum absolute atomic E-state index is 0.183. The van der Waals surface area contributed by atoms with Gasteiger partial charge in [-0.05, 0) is 36.5 Å². The van der Waals surface area contributed by atoms with E-state index in [9.17, 15) is 4.79 Å². The Morgan fingerprint density at radius 2 is 1.71 bits per heavy atom. The number of ether oxygens (including phenoxy) is 2. The monoisotopic (exact) mass is 325 g/mol. The van der Waals surface area contributed by atoms with E-state index in [1.54, 1.807) is 14.2 Å². The van der Waals surface area contributed by atoms with E-state index in [0.29, 0.717) is 17.9 Å². The molecule has 3 rings (SSSR count). The van der Waals surface area contributed by atoms with Crippen LogP contribution in [0.4, 0.5) is 5.69 Å². The Morgan fingerprint density at radius 1 is 1.00 bits per heavy atom. The van der Waals surface area contributed by atoms with Crippen molar-refractivity contribution in [2.45, 2.75) is 25.7 Å². The predicted octanol–water partition coefficient (Wildman–Crippen LogP) is 3.81. The summed E-state index contributed by atoms with van der Waals surface area (Å²) in [6, 6.07) is 14.2. The summed E-state index contributed by atoms with van der Waals surface area (Å²) >= 11 is 0. The molecule has 2 aromatic rings. The van der Waals surface area contributed by atoms with Crippen LogP contribution in [0.15, 0.2) is 42.5 Å². The van der Waals surface area contributed by atoms with Crippen molar-refractivity contribution in [2.75, 3.05) is 25.7 Å². The van der Waals surface area contributed by atoms with Crippen LogP contribution in [0.3, 0.4) is 0 Å². The van der Waals surface area contributed by atoms with E-state index >= 15 is 0 Å². The molecule has 126 valence electrons. The van der Waals surface area contributed by atoms with Crippen LogP contribution >= 0.6 is 0 Å². The molecule has 0 bridgehead atoms. The maximum absolute atomic E-state index is 12.4. The summed E-state index contributed by atoms with van der Waals surface area (Å²) in [6.45, 7) is 0.760. The highest BCUT2D eigenvalue weighted by atomic mass is 16.5. The molecule has 1 fully saturated rings. The Morgan fingerprint density at radius 3 is 2.38 bits per heavy atom. The van der Waals surface area contributed by atoms with Gasteiger partial charge in [-0.3, -0.25) is 4.79 Å². The summed E-state index contributed by atoms with van der Waals surface area (Å²) in [5, 5.41) is 0. The van der Waals surface area contributed by atoms with Crippen molar-refractivity contribution >= 4 is 11.6 Å². The summed E-state index contributed by atoms with van der Waals surface area (Å²) in [5.74, 6) is 1.53. The average molecular weight is 325 g/mol. The number of anilines is 1. The third-order valence-corrected chi connectivity index (χ3v) is 4.44. The molecule has 0 aromatic heterocycles. The Balaban J connectivity index is 2.04. The van der Waals surface area contributed by atoms with Crippen LogP contribution in [0.2, 0.25) is 0 Å². The smallest absolute Gasteiger partial charge is 0.226 e. The van der Waals surface area contributed by atoms with Crippen LogP contribution in [-0.4, -0.2) is 26.7 Å². The second-order valence-corrected chi connectivity index (χ2v) is 6.00. The second kappa shape index (κ2) is 7.39. The second-order valence-electron chi connectivity index (χ2n) is 6.00. The van der Waals surface area contributed by atoms with Gasteiger partial charge in [0.15, 0.2) is 11.5 Å². The van der Waals surface area contributed by atoms with E-state index < -0.39 is 0 Å². The number of piperidine rings is 1. The number of benzene rings is 2. The Labute approximate surface area is 143 Å². The van der Waals surface area contributed by atoms with Crippen LogP contribution in [0, 0.1) is 0 Å². The predicted molar refractivity (Wildman–Crippen MR) is 95.0 cm³/mol. The largest absolute Gasteiger partial charge is 0.493 e. The fourth-order valence-electron chi connectivity index (χ4n) is 3.18. The molecule has 1 amide bonds. The van der Waals surface area contributed by atoms with Crippen molar-refractivity contribution in [1.29, 1.82) is 0 Å². The minimum Gasteiger partial charge on any atom is -0.493 e. The first-order valence-electron chi connectivity index (χ1n) is 8.32. The van der Waals surface area contributed by atoms with E-state index in [2.05, 4.69) is 12.1 Å². The van der Waals surface area contributed by atoms with Crippen molar-refractivity contribution in [3.8, 4) is 11.5 Å². The number of carbonyl (C=O) groups excluding carboxylic acids is 1. The topological polar surface area (TPSA) is 38.8 Å². The zero-order valence-corrected chi connectivity index (χ0v) is 14.2. The molecule has 24 heavy (non-hydrogen) atoms. The van der Waals surface area contributed by atoms with Gasteiger partial charge in [0.05, 0.1) is 19.9 Å². The lowest BCUT2D eigenvalue weighted by atomic mass is 10.00. The van der Waals surface area contributed by atoms with Gasteiger partial charge in [-0.2, -0.15) is 0 Å². The minimum atomic E-state index is 0.183. The number of rotatable bonds is 5. The van der Waals surface area contributed by atoms with Crippen molar-refractivity contribution in [3.05, 3.63) is 53.6 Å². The number of methoxy groups -OCH3 is 2. The third-order valence-electron chi connectivity index (χ3n) is 4.44. The van der Waals surface area contributed by atoms with E-state index in [-0.39, 0.29) is 5.91 Å². The molecule has 0 atom stereocenters. The maximum atomic E-state index is 12.4. The van der Waals surface area contributed by atoms with E-state index in [4.69, 9.17) is 9.47 Å². The van der Waals surface area contributed by atoms with E-state index in [0.717, 1.165) is 37.1 Å². The van der Waals surface area contributed by atoms with Gasteiger partial charge in [0.25, 0.3) is 0 Å². The molecule has 0 unspecified atom stereocenters. The van der Waals surface area contributed by atoms with Gasteiger partial charge in [-0.15, -0.1) is 0 Å². The lowest BCUT2D eigenvalue weighted by Gasteiger charge is -2.29. The van der Waals surface area contributed by atoms with Crippen LogP contribution in [0.25, 0.3) is 0 Å². The molecule has 4 nitrogen and oxygen atoms in total. The Hall–Kier alpha value is -2.49. The van der Waals surface area contributed by atoms with Gasteiger partial charge in [-0.25, -0.2) is 0 Å². The van der Waals surface area contributed by atoms with Crippen LogP contribution in [-0.2, 0) is 11.2 Å². The zero-order chi connectivity index (χ0) is 16.9. The highest BCUT2D eigenvalue weighted by Gasteiger charge is 2.24. The molecule has 0 saturated carbocycles. The maximum Gasteiger partial charge on any atom is 0.226 e. The molecule has 0 N–H and O–H groups in total. The Kier molecular flexibility index (Phi) is 5.04. The molecule has 1 heterocycles. The van der Waals surface area contributed by atoms with Gasteiger partial charge < -0.3 is 14.4 Å². The Bertz CT molecular complexity index is 712. The first kappa shape index (κ1) is 16.4. The summed E-state index contributed by atoms with van der Waals surface area (Å²) in [6.07, 6.45) is 3.36. The quantitative estimate of drug-likeness (QED) is 0.839. The van der Waals surface area contributed by atoms with Crippen LogP contribution < -0.4 is 14.4 Å². The standard InChI is InChI=1S/C20H23NO3/c1-23-18-13-16(12-15-8-4-3-5-9-15)17(14-19(18)24-2)21-11-7-6-10-20(21)22/h3-5,8-9,13-14H,6-7,10-12H2,1-2H3. The van der Waals surface area contributed by atoms with E-state index in [1.807, 2.05) is 35.2 Å². The van der Waals surface area contributed by atoms with E-state index in [1.165, 1.54) is 5.56 Å². The van der Waals surface area contributed by atoms with Gasteiger partial charge in [-0.1, -0.05) is 30.3 Å². The van der Waals surface area contributed by atoms with Gasteiger partial charge in [0.1, 0.15) is 0 Å². The number of carbonyl (C=O) groups is 1. The SMILES string of the molecule is COc1cc(Cc2ccccc2)c(N2CCCCC2=O)cc1OC. The van der Waals surface area contributed by atoms with Crippen LogP contribution in [0.1, 0.15) is 30.4 Å². The fraction of sp³-hybridized carbons (Fsp3) is 0.350. The highest BCUT2D eigenvalue weighted by molar-refractivity contribution is 5.95. The fourth-order valence-corrected chi connectivity index (χ4v) is 3.18. The summed E-state index contributed by atoms with van der Waals surface area (Å²) in [4.78, 5) is 14.3. The zero-order valence-electron chi connectivity index (χ0n) is 14.2. The summed E-state index contributed by atoms with van der Waals surface area (Å²) in [5.41, 5.74) is 3.21. The lowest BCUT2D eigenvalue weighted by Crippen LogP contribution is -2.35. The van der Waals surface area contributed by atoms with Crippen molar-refractivity contribution < 1.29 is 14.3 Å². The first-order valence-corrected chi connectivity index (χ1v) is 8.32. The molecular weight excluding hydrogens is 302 g/mol. The third kappa shape index (κ3) is 3.37. The molecular formula is C20H23NO3. The van der Waals surface area contributed by atoms with Gasteiger partial charge in [0.2, 0.25) is 5.91 Å². The van der Waals surface area contributed by atoms with Crippen molar-refractivity contribution in [3.63, 3.8) is 0 Å². The molecule has 0 spiro atoms. The summed E-state index contributed by atoms with van der Waals surface area (Å²) in [7, 11) is 3.26. The molecule has 1 saturated heterocycles. The summed E-state index contributed by atoms with van der Waals surface area (Å²) < 4.78 is 10.9. The number of hydrogen-bond donors (Lipinski definition) is 0. The average Bonchev–Trinajstić information content (AvgIpc) is 2.63. The molecule has 0 aliphatic carbocycles. The number of nitrogens with zero attached hydrogens (tertiary/aromatic N) is 1. The highest BCUT2D eigenvalue weighted by Crippen LogP contribution is 2.37. The number of amides is 1.